The molecular weight excluding hydrogens is 144 g/mol. The first-order valence-electron chi connectivity index (χ1n) is 2.85. The highest BCUT2D eigenvalue weighted by Gasteiger charge is 2.14. The minimum absolute atomic E-state index is 0.0144. The molecule has 0 saturated carbocycles. The zero-order valence-corrected chi connectivity index (χ0v) is 5.34. The highest BCUT2D eigenvalue weighted by Crippen LogP contribution is 1.76. The summed E-state index contributed by atoms with van der Waals surface area (Å²) in [6.07, 6.45) is 2.86. The minimum Gasteiger partial charge on any atom is -0.542 e. The summed E-state index contributed by atoms with van der Waals surface area (Å²) in [5, 5.41) is 0.528. The predicted molar refractivity (Wildman–Crippen MR) is 33.0 cm³/mol. The lowest BCUT2D eigenvalue weighted by molar-refractivity contribution is -0.00839. The Morgan fingerprint density at radius 3 is 3.00 bits per heavy atom. The Labute approximate surface area is 60.6 Å². The largest absolute Gasteiger partial charge is 0.542 e. The first kappa shape index (κ1) is 5.82. The van der Waals surface area contributed by atoms with Gasteiger partial charge in [0.1, 0.15) is 6.33 Å². The summed E-state index contributed by atoms with van der Waals surface area (Å²) in [6, 6.07) is 0. The average molecular weight is 146 g/mol. The van der Waals surface area contributed by atoms with E-state index >= 15 is 0 Å². The molecule has 0 aromatic carbocycles. The summed E-state index contributed by atoms with van der Waals surface area (Å²) < 4.78 is 0. The Hall–Kier alpha value is -1.94. The second kappa shape index (κ2) is 2.03. The van der Waals surface area contributed by atoms with Crippen molar-refractivity contribution in [3.63, 3.8) is 0 Å². The van der Waals surface area contributed by atoms with Crippen LogP contribution in [0.1, 0.15) is 0 Å². The highest BCUT2D eigenvalue weighted by atomic mass is 15.1. The third kappa shape index (κ3) is 0.815. The van der Waals surface area contributed by atoms with E-state index in [0.717, 1.165) is 0 Å². The van der Waals surface area contributed by atoms with Crippen molar-refractivity contribution in [3.8, 4) is 0 Å². The maximum atomic E-state index is 8.29. The minimum atomic E-state index is 0.0144. The number of guanidine groups is 1. The van der Waals surface area contributed by atoms with Crippen molar-refractivity contribution in [1.29, 1.82) is 0 Å². The van der Waals surface area contributed by atoms with Crippen molar-refractivity contribution in [3.05, 3.63) is 28.9 Å². The maximum absolute atomic E-state index is 8.29. The van der Waals surface area contributed by atoms with E-state index in [1.165, 1.54) is 12.5 Å². The van der Waals surface area contributed by atoms with Gasteiger partial charge in [-0.25, -0.2) is 4.98 Å². The molecule has 1 aromatic rings. The van der Waals surface area contributed by atoms with E-state index in [2.05, 4.69) is 24.7 Å². The molecule has 6 heteroatoms. The molecule has 0 bridgehead atoms. The molecule has 1 aliphatic rings. The number of hydrogen-bond donors (Lipinski definition) is 0. The van der Waals surface area contributed by atoms with Gasteiger partial charge in [-0.15, -0.1) is 0 Å². The molecule has 2 rings (SSSR count). The molecule has 52 valence electrons. The van der Waals surface area contributed by atoms with Crippen LogP contribution < -0.4 is 10.8 Å². The summed E-state index contributed by atoms with van der Waals surface area (Å²) in [7, 11) is 0. The van der Waals surface area contributed by atoms with Crippen LogP contribution in [0, 0.1) is 0 Å². The van der Waals surface area contributed by atoms with Gasteiger partial charge in [0.15, 0.2) is 0 Å². The quantitative estimate of drug-likeness (QED) is 0.323. The Morgan fingerprint density at radius 2 is 2.27 bits per heavy atom. The summed E-state index contributed by atoms with van der Waals surface area (Å²) >= 11 is 0. The maximum Gasteiger partial charge on any atom is 0.509 e. The van der Waals surface area contributed by atoms with Gasteiger partial charge in [-0.2, -0.15) is 4.98 Å². The Morgan fingerprint density at radius 1 is 1.36 bits per heavy atom. The molecule has 0 spiro atoms. The molecule has 11 heavy (non-hydrogen) atoms. The van der Waals surface area contributed by atoms with Crippen molar-refractivity contribution in [2.75, 3.05) is 0 Å². The van der Waals surface area contributed by atoms with Gasteiger partial charge in [-0.05, 0) is 9.98 Å². The predicted octanol–water partition coefficient (Wildman–Crippen LogP) is -1.68. The zero-order valence-electron chi connectivity index (χ0n) is 5.34. The van der Waals surface area contributed by atoms with Crippen LogP contribution in [0.2, 0.25) is 0 Å². The van der Waals surface area contributed by atoms with E-state index in [1.807, 2.05) is 0 Å². The van der Waals surface area contributed by atoms with Gasteiger partial charge in [-0.1, -0.05) is 0 Å². The van der Waals surface area contributed by atoms with Crippen molar-refractivity contribution in [2.45, 2.75) is 0 Å². The van der Waals surface area contributed by atoms with Crippen LogP contribution >= 0.6 is 0 Å². The molecule has 0 atom stereocenters. The second-order valence-electron chi connectivity index (χ2n) is 1.86. The first-order valence-corrected chi connectivity index (χ1v) is 2.85. The van der Waals surface area contributed by atoms with Gasteiger partial charge in [0.05, 0.1) is 6.20 Å². The molecule has 1 aliphatic heterocycles. The number of fused-ring (bicyclic) bond motifs is 1. The lowest BCUT2D eigenvalue weighted by Gasteiger charge is -1.70. The molecule has 0 aliphatic carbocycles. The lowest BCUT2D eigenvalue weighted by atomic mass is 10.6. The van der Waals surface area contributed by atoms with Crippen molar-refractivity contribution < 1.29 is 4.79 Å². The fraction of sp³-hybridized carbons (Fsp3) is 0. The number of nitrogens with zero attached hydrogens (tertiary/aromatic N) is 6. The number of aromatic nitrogens is 2. The van der Waals surface area contributed by atoms with Gasteiger partial charge in [0, 0.05) is 0 Å². The standard InChI is InChI=1S/C5H2N6/c6-11-5-9-3-1-7-2-8-4(3)10-5/h1-2H. The van der Waals surface area contributed by atoms with Gasteiger partial charge in [0.25, 0.3) is 5.49 Å². The molecule has 0 saturated heterocycles. The first-order chi connectivity index (χ1) is 5.40. The van der Waals surface area contributed by atoms with E-state index in [0.29, 0.717) is 10.8 Å². The van der Waals surface area contributed by atoms with E-state index in [1.54, 1.807) is 0 Å². The molecule has 6 nitrogen and oxygen atoms in total. The smallest absolute Gasteiger partial charge is 0.509 e. The molecule has 0 radical (unpaired) electrons. The summed E-state index contributed by atoms with van der Waals surface area (Å²) in [5.41, 5.74) is 8.73. The van der Waals surface area contributed by atoms with Crippen LogP contribution in [0.15, 0.2) is 22.5 Å². The van der Waals surface area contributed by atoms with Crippen LogP contribution in [-0.2, 0) is 0 Å². The van der Waals surface area contributed by atoms with Crippen LogP contribution in [-0.4, -0.2) is 20.7 Å². The van der Waals surface area contributed by atoms with Gasteiger partial charge < -0.3 is 10.3 Å². The molecule has 0 fully saturated rings. The van der Waals surface area contributed by atoms with E-state index < -0.39 is 0 Å². The molecule has 2 heterocycles. The SMILES string of the molecule is [N-]=[N+]=C1N=c2cncnc2=N1. The highest BCUT2D eigenvalue weighted by molar-refractivity contribution is 5.77. The van der Waals surface area contributed by atoms with Gasteiger partial charge in [0.2, 0.25) is 5.36 Å². The van der Waals surface area contributed by atoms with Crippen molar-refractivity contribution in [2.24, 2.45) is 9.98 Å². The Balaban J connectivity index is 2.91. The van der Waals surface area contributed by atoms with Crippen molar-refractivity contribution in [1.82, 2.24) is 9.97 Å². The molecule has 1 aromatic heterocycles. The van der Waals surface area contributed by atoms with E-state index in [9.17, 15) is 0 Å². The lowest BCUT2D eigenvalue weighted by Crippen LogP contribution is -2.25. The molecule has 0 amide bonds. The summed E-state index contributed by atoms with van der Waals surface area (Å²) in [4.78, 5) is 17.9. The van der Waals surface area contributed by atoms with Crippen molar-refractivity contribution >= 4 is 5.96 Å². The van der Waals surface area contributed by atoms with Crippen LogP contribution in [0.25, 0.3) is 5.53 Å². The summed E-state index contributed by atoms with van der Waals surface area (Å²) in [5.74, 6) is 0.0144. The zero-order chi connectivity index (χ0) is 7.68. The number of rotatable bonds is 0. The van der Waals surface area contributed by atoms with E-state index in [-0.39, 0.29) is 5.96 Å². The van der Waals surface area contributed by atoms with Gasteiger partial charge >= 0.3 is 5.96 Å². The number of hydrogen-bond acceptors (Lipinski definition) is 2. The van der Waals surface area contributed by atoms with Gasteiger partial charge in [-0.3, -0.25) is 0 Å². The third-order valence-electron chi connectivity index (χ3n) is 1.19. The Kier molecular flexibility index (Phi) is 1.07. The third-order valence-corrected chi connectivity index (χ3v) is 1.19. The topological polar surface area (TPSA) is 86.9 Å². The Bertz CT molecular complexity index is 417. The average Bonchev–Trinajstić information content (AvgIpc) is 2.46. The molecule has 0 N–H and O–H groups in total. The summed E-state index contributed by atoms with van der Waals surface area (Å²) in [6.45, 7) is 0. The fourth-order valence-electron chi connectivity index (χ4n) is 0.753. The second-order valence-corrected chi connectivity index (χ2v) is 1.86. The molecule has 0 unspecified atom stereocenters. The van der Waals surface area contributed by atoms with Crippen LogP contribution in [0.3, 0.4) is 0 Å². The van der Waals surface area contributed by atoms with Crippen LogP contribution in [0.4, 0.5) is 0 Å². The molecular formula is C5H2N6. The van der Waals surface area contributed by atoms with E-state index in [4.69, 9.17) is 5.53 Å². The monoisotopic (exact) mass is 146 g/mol. The van der Waals surface area contributed by atoms with Crippen LogP contribution in [0.5, 0.6) is 0 Å². The fourth-order valence-corrected chi connectivity index (χ4v) is 0.753. The normalized spacial score (nSPS) is 12.9.